The summed E-state index contributed by atoms with van der Waals surface area (Å²) in [5, 5.41) is 0. The molecule has 29 heavy (non-hydrogen) atoms. The van der Waals surface area contributed by atoms with Crippen molar-refractivity contribution in [3.05, 3.63) is 35.9 Å². The van der Waals surface area contributed by atoms with Gasteiger partial charge in [-0.3, -0.25) is 4.89 Å². The molecule has 3 nitrogen and oxygen atoms in total. The van der Waals surface area contributed by atoms with Crippen LogP contribution in [0.5, 0.6) is 0 Å². The second kappa shape index (κ2) is 17.5. The van der Waals surface area contributed by atoms with E-state index in [0.29, 0.717) is 6.61 Å². The average molecular weight is 405 g/mol. The predicted octanol–water partition coefficient (Wildman–Crippen LogP) is 8.02. The molecule has 0 aromatic heterocycles. The van der Waals surface area contributed by atoms with Crippen molar-refractivity contribution in [2.24, 2.45) is 11.8 Å². The van der Waals surface area contributed by atoms with Gasteiger partial charge in [-0.05, 0) is 17.9 Å². The predicted molar refractivity (Wildman–Crippen MR) is 121 cm³/mol. The molecule has 0 aliphatic heterocycles. The normalized spacial score (nSPS) is 12.3. The SMILES string of the molecule is CCCCCCCCCCCCCCC(C(=O)OOCc1ccccc1)C(C)C. The third-order valence-electron chi connectivity index (χ3n) is 5.69. The first-order valence-corrected chi connectivity index (χ1v) is 12.0. The molecule has 1 aromatic rings. The van der Waals surface area contributed by atoms with E-state index >= 15 is 0 Å². The van der Waals surface area contributed by atoms with Crippen molar-refractivity contribution in [3.8, 4) is 0 Å². The van der Waals surface area contributed by atoms with Crippen LogP contribution >= 0.6 is 0 Å². The van der Waals surface area contributed by atoms with Crippen LogP contribution < -0.4 is 0 Å². The summed E-state index contributed by atoms with van der Waals surface area (Å²) in [6.45, 7) is 6.75. The lowest BCUT2D eigenvalue weighted by molar-refractivity contribution is -0.284. The van der Waals surface area contributed by atoms with E-state index in [4.69, 9.17) is 9.78 Å². The molecule has 0 spiro atoms. The van der Waals surface area contributed by atoms with Gasteiger partial charge in [0.1, 0.15) is 6.61 Å². The fourth-order valence-electron chi connectivity index (χ4n) is 3.72. The van der Waals surface area contributed by atoms with Gasteiger partial charge in [-0.25, -0.2) is 4.79 Å². The minimum absolute atomic E-state index is 0.0751. The van der Waals surface area contributed by atoms with Crippen LogP contribution in [0.3, 0.4) is 0 Å². The zero-order valence-corrected chi connectivity index (χ0v) is 19.2. The molecule has 0 N–H and O–H groups in total. The third kappa shape index (κ3) is 13.5. The fraction of sp³-hybridized carbons (Fsp3) is 0.731. The van der Waals surface area contributed by atoms with E-state index in [1.807, 2.05) is 30.3 Å². The van der Waals surface area contributed by atoms with E-state index < -0.39 is 0 Å². The molecule has 0 saturated carbocycles. The molecule has 0 aliphatic rings. The lowest BCUT2D eigenvalue weighted by atomic mass is 9.90. The summed E-state index contributed by atoms with van der Waals surface area (Å²) >= 11 is 0. The number of rotatable bonds is 18. The highest BCUT2D eigenvalue weighted by atomic mass is 17.2. The van der Waals surface area contributed by atoms with E-state index in [-0.39, 0.29) is 17.8 Å². The Bertz CT molecular complexity index is 498. The highest BCUT2D eigenvalue weighted by molar-refractivity contribution is 5.72. The zero-order chi connectivity index (χ0) is 21.2. The standard InChI is InChI=1S/C26H44O3/c1-4-5-6-7-8-9-10-11-12-13-14-18-21-25(23(2)3)26(27)29-28-22-24-19-16-15-17-20-24/h15-17,19-20,23,25H,4-14,18,21-22H2,1-3H3. The van der Waals surface area contributed by atoms with Crippen molar-refractivity contribution in [2.45, 2.75) is 111 Å². The fourth-order valence-corrected chi connectivity index (χ4v) is 3.72. The van der Waals surface area contributed by atoms with Crippen LogP contribution in [0.2, 0.25) is 0 Å². The van der Waals surface area contributed by atoms with Crippen LogP contribution in [0, 0.1) is 11.8 Å². The first-order chi connectivity index (χ1) is 14.1. The maximum absolute atomic E-state index is 12.4. The summed E-state index contributed by atoms with van der Waals surface area (Å²) in [5.74, 6) is -0.0246. The number of carbonyl (C=O) groups is 1. The van der Waals surface area contributed by atoms with E-state index in [1.54, 1.807) is 0 Å². The highest BCUT2D eigenvalue weighted by Gasteiger charge is 2.24. The van der Waals surface area contributed by atoms with Crippen molar-refractivity contribution < 1.29 is 14.6 Å². The second-order valence-corrected chi connectivity index (χ2v) is 8.68. The molecule has 3 heteroatoms. The number of benzene rings is 1. The van der Waals surface area contributed by atoms with Gasteiger partial charge >= 0.3 is 5.97 Å². The number of unbranched alkanes of at least 4 members (excludes halogenated alkanes) is 11. The molecule has 0 aliphatic carbocycles. The van der Waals surface area contributed by atoms with Crippen LogP contribution in [0.25, 0.3) is 0 Å². The van der Waals surface area contributed by atoms with Gasteiger partial charge in [0.15, 0.2) is 0 Å². The van der Waals surface area contributed by atoms with Gasteiger partial charge in [-0.15, -0.1) is 0 Å². The first-order valence-electron chi connectivity index (χ1n) is 12.0. The van der Waals surface area contributed by atoms with E-state index in [9.17, 15) is 4.79 Å². The van der Waals surface area contributed by atoms with E-state index in [0.717, 1.165) is 18.4 Å². The smallest absolute Gasteiger partial charge is 0.298 e. The maximum atomic E-state index is 12.4. The first kappa shape index (κ1) is 25.7. The summed E-state index contributed by atoms with van der Waals surface area (Å²) in [6, 6.07) is 9.77. The quantitative estimate of drug-likeness (QED) is 0.141. The summed E-state index contributed by atoms with van der Waals surface area (Å²) in [6.07, 6.45) is 16.9. The number of hydrogen-bond donors (Lipinski definition) is 0. The highest BCUT2D eigenvalue weighted by Crippen LogP contribution is 2.22. The zero-order valence-electron chi connectivity index (χ0n) is 19.2. The molecule has 1 unspecified atom stereocenters. The average Bonchev–Trinajstić information content (AvgIpc) is 2.72. The maximum Gasteiger partial charge on any atom is 0.345 e. The Labute approximate surface area is 179 Å². The molecule has 0 fully saturated rings. The van der Waals surface area contributed by atoms with E-state index in [1.165, 1.54) is 70.6 Å². The molecule has 0 radical (unpaired) electrons. The Morgan fingerprint density at radius 1 is 0.793 bits per heavy atom. The van der Waals surface area contributed by atoms with Gasteiger partial charge in [0.05, 0.1) is 5.92 Å². The van der Waals surface area contributed by atoms with Crippen molar-refractivity contribution >= 4 is 5.97 Å². The Morgan fingerprint density at radius 2 is 1.31 bits per heavy atom. The van der Waals surface area contributed by atoms with Crippen LogP contribution in [-0.2, 0) is 21.2 Å². The van der Waals surface area contributed by atoms with Gasteiger partial charge in [0.2, 0.25) is 0 Å². The molecule has 1 aromatic carbocycles. The number of hydrogen-bond acceptors (Lipinski definition) is 3. The largest absolute Gasteiger partial charge is 0.345 e. The molecular formula is C26H44O3. The third-order valence-corrected chi connectivity index (χ3v) is 5.69. The Morgan fingerprint density at radius 3 is 1.83 bits per heavy atom. The summed E-state index contributed by atoms with van der Waals surface area (Å²) in [4.78, 5) is 22.6. The van der Waals surface area contributed by atoms with Crippen molar-refractivity contribution in [1.29, 1.82) is 0 Å². The second-order valence-electron chi connectivity index (χ2n) is 8.68. The van der Waals surface area contributed by atoms with Crippen molar-refractivity contribution in [3.63, 3.8) is 0 Å². The molecule has 1 rings (SSSR count). The lowest BCUT2D eigenvalue weighted by Crippen LogP contribution is -2.23. The van der Waals surface area contributed by atoms with Crippen LogP contribution in [0.15, 0.2) is 30.3 Å². The minimum Gasteiger partial charge on any atom is -0.298 e. The molecule has 166 valence electrons. The summed E-state index contributed by atoms with van der Waals surface area (Å²) < 4.78 is 0. The lowest BCUT2D eigenvalue weighted by Gasteiger charge is -2.18. The van der Waals surface area contributed by atoms with Crippen LogP contribution in [0.4, 0.5) is 0 Å². The Balaban J connectivity index is 2.05. The van der Waals surface area contributed by atoms with Crippen LogP contribution in [-0.4, -0.2) is 5.97 Å². The van der Waals surface area contributed by atoms with Crippen LogP contribution in [0.1, 0.15) is 110 Å². The van der Waals surface area contributed by atoms with Gasteiger partial charge < -0.3 is 0 Å². The molecular weight excluding hydrogens is 360 g/mol. The molecule has 0 saturated heterocycles. The summed E-state index contributed by atoms with van der Waals surface area (Å²) in [5.41, 5.74) is 1.00. The topological polar surface area (TPSA) is 35.5 Å². The Hall–Kier alpha value is -1.35. The molecule has 0 amide bonds. The van der Waals surface area contributed by atoms with Crippen molar-refractivity contribution in [2.75, 3.05) is 0 Å². The minimum atomic E-state index is -0.223. The molecule has 0 bridgehead atoms. The van der Waals surface area contributed by atoms with Gasteiger partial charge in [0, 0.05) is 0 Å². The Kier molecular flexibility index (Phi) is 15.5. The molecule has 0 heterocycles. The van der Waals surface area contributed by atoms with Gasteiger partial charge in [-0.2, -0.15) is 4.89 Å². The van der Waals surface area contributed by atoms with Crippen molar-refractivity contribution in [1.82, 2.24) is 0 Å². The summed E-state index contributed by atoms with van der Waals surface area (Å²) in [7, 11) is 0. The van der Waals surface area contributed by atoms with Gasteiger partial charge in [0.25, 0.3) is 0 Å². The monoisotopic (exact) mass is 404 g/mol. The number of carbonyl (C=O) groups excluding carboxylic acids is 1. The molecule has 1 atom stereocenters. The van der Waals surface area contributed by atoms with E-state index in [2.05, 4.69) is 20.8 Å². The van der Waals surface area contributed by atoms with Gasteiger partial charge in [-0.1, -0.05) is 128 Å².